The summed E-state index contributed by atoms with van der Waals surface area (Å²) in [6, 6.07) is 4.96. The van der Waals surface area contributed by atoms with Gasteiger partial charge in [-0.15, -0.1) is 13.2 Å². The number of ether oxygens (including phenoxy) is 2. The highest BCUT2D eigenvalue weighted by Gasteiger charge is 2.70. The molecule has 2 bridgehead atoms. The average Bonchev–Trinajstić information content (AvgIpc) is 3.14. The molecule has 0 saturated heterocycles. The number of hydrogen-bond donors (Lipinski definition) is 2. The van der Waals surface area contributed by atoms with Crippen molar-refractivity contribution in [3.8, 4) is 5.75 Å². The Hall–Kier alpha value is -2.30. The van der Waals surface area contributed by atoms with Crippen molar-refractivity contribution in [2.45, 2.75) is 80.2 Å². The number of aliphatic hydroxyl groups is 1. The van der Waals surface area contributed by atoms with Crippen LogP contribution in [0.1, 0.15) is 61.8 Å². The zero-order valence-electron chi connectivity index (χ0n) is 18.0. The summed E-state index contributed by atoms with van der Waals surface area (Å²) >= 11 is 5.98. The van der Waals surface area contributed by atoms with Gasteiger partial charge in [-0.25, -0.2) is 4.98 Å². The van der Waals surface area contributed by atoms with Crippen LogP contribution in [0.3, 0.4) is 0 Å². The number of nitrogens with zero attached hydrogens (tertiary/aromatic N) is 2. The number of aliphatic hydroxyl groups excluding tert-OH is 1. The Morgan fingerprint density at radius 1 is 1.26 bits per heavy atom. The third-order valence-electron chi connectivity index (χ3n) is 7.68. The van der Waals surface area contributed by atoms with E-state index in [0.29, 0.717) is 29.2 Å². The fourth-order valence-corrected chi connectivity index (χ4v) is 6.14. The quantitative estimate of drug-likeness (QED) is 0.653. The van der Waals surface area contributed by atoms with Crippen LogP contribution in [-0.4, -0.2) is 44.7 Å². The average molecular weight is 498 g/mol. The highest BCUT2D eigenvalue weighted by Crippen LogP contribution is 2.65. The Balaban J connectivity index is 1.03. The fourth-order valence-electron chi connectivity index (χ4n) is 5.96. The van der Waals surface area contributed by atoms with E-state index >= 15 is 0 Å². The Kier molecular flexibility index (Phi) is 4.80. The summed E-state index contributed by atoms with van der Waals surface area (Å²) in [7, 11) is 0. The molecule has 4 fully saturated rings. The largest absolute Gasteiger partial charge is 0.522 e. The van der Waals surface area contributed by atoms with Gasteiger partial charge < -0.3 is 19.7 Å². The normalized spacial score (nSPS) is 35.8. The smallest absolute Gasteiger partial charge is 0.480 e. The van der Waals surface area contributed by atoms with Crippen molar-refractivity contribution in [1.82, 2.24) is 14.9 Å². The number of nitrogens with one attached hydrogen (secondary N) is 1. The van der Waals surface area contributed by atoms with E-state index in [4.69, 9.17) is 16.3 Å². The molecule has 11 heteroatoms. The molecule has 34 heavy (non-hydrogen) atoms. The molecule has 2 N–H and O–H groups in total. The maximum atomic E-state index is 12.9. The molecule has 1 aromatic carbocycles. The fraction of sp³-hybridized carbons (Fsp3) is 0.565. The van der Waals surface area contributed by atoms with E-state index in [1.165, 1.54) is 0 Å². The molecule has 7 rings (SSSR count). The first-order valence-corrected chi connectivity index (χ1v) is 11.7. The Morgan fingerprint density at radius 2 is 2.00 bits per heavy atom. The number of imidazole rings is 1. The van der Waals surface area contributed by atoms with Gasteiger partial charge in [-0.3, -0.25) is 9.53 Å². The molecule has 182 valence electrons. The zero-order chi connectivity index (χ0) is 23.9. The lowest BCUT2D eigenvalue weighted by Gasteiger charge is -2.70. The van der Waals surface area contributed by atoms with Gasteiger partial charge in [0.25, 0.3) is 5.91 Å². The molecular weight excluding hydrogens is 475 g/mol. The molecule has 2 atom stereocenters. The predicted octanol–water partition coefficient (Wildman–Crippen LogP) is 3.95. The first-order chi connectivity index (χ1) is 16.0. The summed E-state index contributed by atoms with van der Waals surface area (Å²) in [5.74, 6) is 0.189. The summed E-state index contributed by atoms with van der Waals surface area (Å²) < 4.78 is 48.9. The first kappa shape index (κ1) is 22.2. The van der Waals surface area contributed by atoms with Gasteiger partial charge in [0.2, 0.25) is 0 Å². The van der Waals surface area contributed by atoms with Crippen LogP contribution in [0.2, 0.25) is 5.02 Å². The number of carbonyl (C=O) groups excluding carboxylic acids is 1. The minimum absolute atomic E-state index is 0.0257. The first-order valence-electron chi connectivity index (χ1n) is 11.3. The minimum atomic E-state index is -4.60. The maximum absolute atomic E-state index is 12.9. The maximum Gasteiger partial charge on any atom is 0.522 e. The number of fused-ring (bicyclic) bond motifs is 1. The van der Waals surface area contributed by atoms with E-state index in [2.05, 4.69) is 15.0 Å². The molecule has 7 nitrogen and oxygen atoms in total. The molecule has 4 saturated carbocycles. The molecular formula is C23H23ClF3N3O4. The lowest BCUT2D eigenvalue weighted by atomic mass is 9.44. The van der Waals surface area contributed by atoms with Crippen LogP contribution in [0.4, 0.5) is 13.2 Å². The van der Waals surface area contributed by atoms with Crippen molar-refractivity contribution in [3.63, 3.8) is 0 Å². The molecule has 0 radical (unpaired) electrons. The van der Waals surface area contributed by atoms with Gasteiger partial charge in [-0.1, -0.05) is 11.6 Å². The number of amides is 1. The zero-order valence-corrected chi connectivity index (χ0v) is 18.8. The lowest BCUT2D eigenvalue weighted by molar-refractivity contribution is -0.351. The van der Waals surface area contributed by atoms with Crippen LogP contribution in [0, 0.1) is 0 Å². The number of aromatic nitrogens is 2. The van der Waals surface area contributed by atoms with Crippen molar-refractivity contribution in [1.29, 1.82) is 0 Å². The number of rotatable bonds is 5. The van der Waals surface area contributed by atoms with Crippen molar-refractivity contribution in [2.24, 2.45) is 0 Å². The van der Waals surface area contributed by atoms with E-state index in [0.717, 1.165) is 25.0 Å². The van der Waals surface area contributed by atoms with Crippen LogP contribution < -0.4 is 10.1 Å². The summed E-state index contributed by atoms with van der Waals surface area (Å²) in [6.45, 7) is 0. The number of halogens is 4. The van der Waals surface area contributed by atoms with E-state index in [1.54, 1.807) is 24.5 Å². The molecule has 1 aromatic heterocycles. The second kappa shape index (κ2) is 7.35. The highest BCUT2D eigenvalue weighted by molar-refractivity contribution is 6.30. The second-order valence-corrected chi connectivity index (χ2v) is 10.6. The molecule has 1 aliphatic heterocycles. The molecule has 0 unspecified atom stereocenters. The van der Waals surface area contributed by atoms with Gasteiger partial charge in [-0.05, 0) is 50.3 Å². The van der Waals surface area contributed by atoms with Crippen LogP contribution in [0.15, 0.2) is 30.7 Å². The predicted molar refractivity (Wildman–Crippen MR) is 113 cm³/mol. The Bertz CT molecular complexity index is 1130. The third kappa shape index (κ3) is 3.67. The topological polar surface area (TPSA) is 85.6 Å². The van der Waals surface area contributed by atoms with Crippen molar-refractivity contribution in [3.05, 3.63) is 47.0 Å². The lowest BCUT2D eigenvalue weighted by Crippen LogP contribution is -2.79. The van der Waals surface area contributed by atoms with Crippen molar-refractivity contribution < 1.29 is 32.5 Å². The van der Waals surface area contributed by atoms with Gasteiger partial charge in [0.05, 0.1) is 29.8 Å². The summed E-state index contributed by atoms with van der Waals surface area (Å²) in [6.07, 6.45) is -0.291. The minimum Gasteiger partial charge on any atom is -0.480 e. The molecule has 2 aromatic rings. The molecule has 5 aliphatic rings. The molecule has 0 spiro atoms. The van der Waals surface area contributed by atoms with Gasteiger partial charge in [0.1, 0.15) is 5.75 Å². The van der Waals surface area contributed by atoms with Gasteiger partial charge in [0, 0.05) is 34.7 Å². The van der Waals surface area contributed by atoms with Crippen LogP contribution in [0.5, 0.6) is 5.75 Å². The summed E-state index contributed by atoms with van der Waals surface area (Å²) in [5.41, 5.74) is 0.964. The number of carbonyl (C=O) groups is 1. The second-order valence-electron chi connectivity index (χ2n) is 10.1. The molecule has 1 amide bonds. The molecule has 4 aliphatic carbocycles. The van der Waals surface area contributed by atoms with Crippen LogP contribution in [-0.2, 0) is 15.1 Å². The van der Waals surface area contributed by atoms with E-state index < -0.39 is 24.7 Å². The van der Waals surface area contributed by atoms with Gasteiger partial charge in [0.15, 0.2) is 6.10 Å². The number of alkyl halides is 3. The van der Waals surface area contributed by atoms with E-state index in [-0.39, 0.29) is 29.3 Å². The van der Waals surface area contributed by atoms with Crippen LogP contribution in [0.25, 0.3) is 0 Å². The van der Waals surface area contributed by atoms with E-state index in [1.807, 2.05) is 10.8 Å². The van der Waals surface area contributed by atoms with Crippen molar-refractivity contribution in [2.75, 3.05) is 0 Å². The molecule has 2 heterocycles. The summed E-state index contributed by atoms with van der Waals surface area (Å²) in [4.78, 5) is 17.3. The van der Waals surface area contributed by atoms with Gasteiger partial charge in [-0.2, -0.15) is 0 Å². The van der Waals surface area contributed by atoms with Crippen molar-refractivity contribution >= 4 is 17.5 Å². The monoisotopic (exact) mass is 497 g/mol. The highest BCUT2D eigenvalue weighted by atomic mass is 35.5. The summed E-state index contributed by atoms with van der Waals surface area (Å²) in [5, 5.41) is 14.0. The number of hydrogen-bond acceptors (Lipinski definition) is 5. The van der Waals surface area contributed by atoms with Gasteiger partial charge >= 0.3 is 6.36 Å². The van der Waals surface area contributed by atoms with E-state index in [9.17, 15) is 23.1 Å². The SMILES string of the molecule is O=C(NC12CC(n3cnc(C4CC(OC(F)(F)F)C4)c3)(C1)C2)[C@H]1C[C@@H](O)c2cc(Cl)ccc2O1. The Labute approximate surface area is 198 Å². The van der Waals surface area contributed by atoms with Crippen LogP contribution >= 0.6 is 11.6 Å². The Morgan fingerprint density at radius 3 is 2.71 bits per heavy atom. The number of benzene rings is 1. The standard InChI is InChI=1S/C23H23ClF3N3O4/c24-13-1-2-18-15(5-13)17(31)6-19(33-18)20(32)29-21-8-22(9-21,10-21)30-7-16(28-11-30)12-3-14(4-12)34-23(25,26)27/h1-2,5,7,11-12,14,17,19,31H,3-4,6,8-10H2,(H,29,32)/t12?,14?,17-,19-,21?,22?/m1/s1. The third-order valence-corrected chi connectivity index (χ3v) is 7.92.